The standard InChI is InChI=1S/C12H14F3N5/c1-11(2,3)10-18-8(16)4-9(19-10)20-6-7(5-17-20)12(13,14)15/h4-6H,1-3H3,(H2,16,18,19). The van der Waals surface area contributed by atoms with Crippen LogP contribution < -0.4 is 5.73 Å². The van der Waals surface area contributed by atoms with Crippen molar-refractivity contribution in [1.29, 1.82) is 0 Å². The van der Waals surface area contributed by atoms with Crippen LogP contribution in [0, 0.1) is 0 Å². The number of nitrogens with two attached hydrogens (primary N) is 1. The molecule has 2 N–H and O–H groups in total. The molecule has 0 atom stereocenters. The van der Waals surface area contributed by atoms with E-state index in [2.05, 4.69) is 15.1 Å². The van der Waals surface area contributed by atoms with E-state index < -0.39 is 11.7 Å². The van der Waals surface area contributed by atoms with Crippen LogP contribution in [0.25, 0.3) is 5.82 Å². The van der Waals surface area contributed by atoms with Gasteiger partial charge in [0.15, 0.2) is 5.82 Å². The van der Waals surface area contributed by atoms with E-state index in [1.807, 2.05) is 20.8 Å². The molecule has 2 aromatic rings. The topological polar surface area (TPSA) is 69.6 Å². The highest BCUT2D eigenvalue weighted by atomic mass is 19.4. The van der Waals surface area contributed by atoms with Gasteiger partial charge >= 0.3 is 6.18 Å². The Morgan fingerprint density at radius 3 is 2.30 bits per heavy atom. The first-order valence-corrected chi connectivity index (χ1v) is 5.84. The SMILES string of the molecule is CC(C)(C)c1nc(N)cc(-n2cc(C(F)(F)F)cn2)n1. The molecule has 2 aromatic heterocycles. The minimum atomic E-state index is -4.44. The first kappa shape index (κ1) is 14.3. The number of nitrogens with zero attached hydrogens (tertiary/aromatic N) is 4. The molecule has 5 nitrogen and oxygen atoms in total. The molecule has 8 heteroatoms. The molecule has 0 unspecified atom stereocenters. The first-order valence-electron chi connectivity index (χ1n) is 5.84. The summed E-state index contributed by atoms with van der Waals surface area (Å²) in [6.45, 7) is 5.65. The molecular weight excluding hydrogens is 271 g/mol. The average molecular weight is 285 g/mol. The van der Waals surface area contributed by atoms with Crippen molar-refractivity contribution >= 4 is 5.82 Å². The molecule has 0 saturated carbocycles. The van der Waals surface area contributed by atoms with Gasteiger partial charge in [0.25, 0.3) is 0 Å². The highest BCUT2D eigenvalue weighted by Crippen LogP contribution is 2.29. The Balaban J connectivity index is 2.48. The van der Waals surface area contributed by atoms with E-state index in [9.17, 15) is 13.2 Å². The van der Waals surface area contributed by atoms with Crippen LogP contribution >= 0.6 is 0 Å². The third-order valence-corrected chi connectivity index (χ3v) is 2.55. The average Bonchev–Trinajstić information content (AvgIpc) is 2.75. The number of hydrogen-bond acceptors (Lipinski definition) is 4. The van der Waals surface area contributed by atoms with Crippen molar-refractivity contribution in [1.82, 2.24) is 19.7 Å². The summed E-state index contributed by atoms with van der Waals surface area (Å²) in [6, 6.07) is 1.38. The second kappa shape index (κ2) is 4.46. The summed E-state index contributed by atoms with van der Waals surface area (Å²) >= 11 is 0. The second-order valence-electron chi connectivity index (χ2n) is 5.40. The lowest BCUT2D eigenvalue weighted by molar-refractivity contribution is -0.137. The molecule has 0 saturated heterocycles. The Hall–Kier alpha value is -2.12. The molecule has 0 amide bonds. The zero-order chi connectivity index (χ0) is 15.1. The number of aromatic nitrogens is 4. The van der Waals surface area contributed by atoms with E-state index in [0.29, 0.717) is 5.82 Å². The van der Waals surface area contributed by atoms with Crippen molar-refractivity contribution in [2.45, 2.75) is 32.4 Å². The van der Waals surface area contributed by atoms with Crippen LogP contribution in [0.5, 0.6) is 0 Å². The van der Waals surface area contributed by atoms with E-state index in [1.165, 1.54) is 6.07 Å². The number of halogens is 3. The fourth-order valence-electron chi connectivity index (χ4n) is 1.50. The highest BCUT2D eigenvalue weighted by Gasteiger charge is 2.32. The molecule has 108 valence electrons. The number of hydrogen-bond donors (Lipinski definition) is 1. The van der Waals surface area contributed by atoms with Crippen molar-refractivity contribution < 1.29 is 13.2 Å². The summed E-state index contributed by atoms with van der Waals surface area (Å²) in [7, 11) is 0. The number of anilines is 1. The smallest absolute Gasteiger partial charge is 0.384 e. The quantitative estimate of drug-likeness (QED) is 0.874. The van der Waals surface area contributed by atoms with E-state index in [0.717, 1.165) is 17.1 Å². The minimum absolute atomic E-state index is 0.184. The molecule has 0 aromatic carbocycles. The summed E-state index contributed by atoms with van der Waals surface area (Å²) in [5, 5.41) is 3.67. The predicted molar refractivity (Wildman–Crippen MR) is 67.3 cm³/mol. The Bertz CT molecular complexity index is 625. The van der Waals surface area contributed by atoms with E-state index in [1.54, 1.807) is 0 Å². The Labute approximate surface area is 113 Å². The third kappa shape index (κ3) is 2.89. The maximum atomic E-state index is 12.6. The van der Waals surface area contributed by atoms with Crippen molar-refractivity contribution in [3.05, 3.63) is 29.8 Å². The van der Waals surface area contributed by atoms with Gasteiger partial charge in [0.2, 0.25) is 0 Å². The van der Waals surface area contributed by atoms with Crippen molar-refractivity contribution in [2.75, 3.05) is 5.73 Å². The van der Waals surface area contributed by atoms with Gasteiger partial charge in [-0.3, -0.25) is 0 Å². The van der Waals surface area contributed by atoms with Gasteiger partial charge in [-0.15, -0.1) is 0 Å². The summed E-state index contributed by atoms with van der Waals surface area (Å²) in [6.07, 6.45) is -2.83. The molecule has 0 aliphatic carbocycles. The molecule has 0 aliphatic heterocycles. The van der Waals surface area contributed by atoms with Crippen LogP contribution in [0.15, 0.2) is 18.5 Å². The molecule has 2 heterocycles. The van der Waals surface area contributed by atoms with Gasteiger partial charge in [0, 0.05) is 17.7 Å². The lowest BCUT2D eigenvalue weighted by atomic mass is 9.96. The second-order valence-corrected chi connectivity index (χ2v) is 5.40. The van der Waals surface area contributed by atoms with Crippen LogP contribution in [0.3, 0.4) is 0 Å². The van der Waals surface area contributed by atoms with Crippen LogP contribution in [-0.2, 0) is 11.6 Å². The third-order valence-electron chi connectivity index (χ3n) is 2.55. The molecule has 0 radical (unpaired) electrons. The Morgan fingerprint density at radius 1 is 1.15 bits per heavy atom. The molecule has 0 aliphatic rings. The molecule has 0 fully saturated rings. The van der Waals surface area contributed by atoms with Gasteiger partial charge < -0.3 is 5.73 Å². The first-order chi connectivity index (χ1) is 9.07. The summed E-state index contributed by atoms with van der Waals surface area (Å²) < 4.78 is 38.7. The molecule has 0 bridgehead atoms. The lowest BCUT2D eigenvalue weighted by Crippen LogP contribution is -2.18. The predicted octanol–water partition coefficient (Wildman–Crippen LogP) is 2.56. The Morgan fingerprint density at radius 2 is 1.80 bits per heavy atom. The summed E-state index contributed by atoms with van der Waals surface area (Å²) in [5.41, 5.74) is 4.46. The van der Waals surface area contributed by atoms with Gasteiger partial charge in [-0.05, 0) is 0 Å². The van der Waals surface area contributed by atoms with E-state index in [-0.39, 0.29) is 17.1 Å². The van der Waals surface area contributed by atoms with Crippen molar-refractivity contribution in [2.24, 2.45) is 0 Å². The number of alkyl halides is 3. The van der Waals surface area contributed by atoms with Crippen LogP contribution in [0.2, 0.25) is 0 Å². The minimum Gasteiger partial charge on any atom is -0.384 e. The van der Waals surface area contributed by atoms with Gasteiger partial charge in [-0.2, -0.15) is 18.3 Å². The lowest BCUT2D eigenvalue weighted by Gasteiger charge is -2.17. The van der Waals surface area contributed by atoms with Gasteiger partial charge in [0.1, 0.15) is 11.6 Å². The molecule has 0 spiro atoms. The van der Waals surface area contributed by atoms with Crippen LogP contribution in [0.4, 0.5) is 19.0 Å². The van der Waals surface area contributed by atoms with E-state index in [4.69, 9.17) is 5.73 Å². The van der Waals surface area contributed by atoms with Crippen molar-refractivity contribution in [3.63, 3.8) is 0 Å². The van der Waals surface area contributed by atoms with Gasteiger partial charge in [-0.1, -0.05) is 20.8 Å². The zero-order valence-electron chi connectivity index (χ0n) is 11.2. The fourth-order valence-corrected chi connectivity index (χ4v) is 1.50. The van der Waals surface area contributed by atoms with Crippen LogP contribution in [0.1, 0.15) is 32.2 Å². The summed E-state index contributed by atoms with van der Waals surface area (Å²) in [4.78, 5) is 8.30. The maximum absolute atomic E-state index is 12.6. The number of nitrogen functional groups attached to an aromatic ring is 1. The van der Waals surface area contributed by atoms with Gasteiger partial charge in [-0.25, -0.2) is 14.6 Å². The number of rotatable bonds is 1. The molecule has 20 heavy (non-hydrogen) atoms. The molecule has 2 rings (SSSR count). The van der Waals surface area contributed by atoms with E-state index >= 15 is 0 Å². The molecular formula is C12H14F3N5. The fraction of sp³-hybridized carbons (Fsp3) is 0.417. The highest BCUT2D eigenvalue weighted by molar-refractivity contribution is 5.38. The normalized spacial score (nSPS) is 12.7. The largest absolute Gasteiger partial charge is 0.419 e. The Kier molecular flexibility index (Phi) is 3.19. The zero-order valence-corrected chi connectivity index (χ0v) is 11.2. The van der Waals surface area contributed by atoms with Crippen molar-refractivity contribution in [3.8, 4) is 5.82 Å². The monoisotopic (exact) mass is 285 g/mol. The van der Waals surface area contributed by atoms with Gasteiger partial charge in [0.05, 0.1) is 11.8 Å². The maximum Gasteiger partial charge on any atom is 0.419 e. The van der Waals surface area contributed by atoms with Crippen LogP contribution in [-0.4, -0.2) is 19.7 Å². The summed E-state index contributed by atoms with van der Waals surface area (Å²) in [5.74, 6) is 0.832.